The van der Waals surface area contributed by atoms with E-state index in [2.05, 4.69) is 21.9 Å². The summed E-state index contributed by atoms with van der Waals surface area (Å²) in [7, 11) is 1.87. The first-order chi connectivity index (χ1) is 7.29. The van der Waals surface area contributed by atoms with Gasteiger partial charge < -0.3 is 10.3 Å². The Labute approximate surface area is 93.0 Å². The first kappa shape index (κ1) is 10.1. The lowest BCUT2D eigenvalue weighted by Crippen LogP contribution is -2.00. The van der Waals surface area contributed by atoms with Crippen LogP contribution < -0.4 is 5.32 Å². The van der Waals surface area contributed by atoms with Crippen molar-refractivity contribution in [3.63, 3.8) is 0 Å². The van der Waals surface area contributed by atoms with Gasteiger partial charge in [-0.2, -0.15) is 0 Å². The van der Waals surface area contributed by atoms with Gasteiger partial charge in [-0.1, -0.05) is 18.7 Å². The highest BCUT2D eigenvalue weighted by Gasteiger charge is 2.02. The van der Waals surface area contributed by atoms with Gasteiger partial charge in [0.1, 0.15) is 5.82 Å². The minimum Gasteiger partial charge on any atom is -0.383 e. The van der Waals surface area contributed by atoms with Gasteiger partial charge in [0.15, 0.2) is 0 Å². The van der Waals surface area contributed by atoms with E-state index in [-0.39, 0.29) is 0 Å². The van der Waals surface area contributed by atoms with Crippen molar-refractivity contribution in [3.8, 4) is 0 Å². The molecule has 0 amide bonds. The fourth-order valence-electron chi connectivity index (χ4n) is 1.30. The van der Waals surface area contributed by atoms with Gasteiger partial charge in [0.25, 0.3) is 0 Å². The van der Waals surface area contributed by atoms with Crippen LogP contribution in [0.15, 0.2) is 35.9 Å². The van der Waals surface area contributed by atoms with Crippen LogP contribution in [0.5, 0.6) is 0 Å². The van der Waals surface area contributed by atoms with Gasteiger partial charge in [-0.05, 0) is 12.1 Å². The van der Waals surface area contributed by atoms with Gasteiger partial charge in [-0.15, -0.1) is 11.8 Å². The molecule has 0 saturated carbocycles. The molecule has 2 rings (SSSR count). The Kier molecular flexibility index (Phi) is 2.97. The number of aromatic amines is 1. The smallest absolute Gasteiger partial charge is 0.117 e. The molecule has 15 heavy (non-hydrogen) atoms. The zero-order valence-electron chi connectivity index (χ0n) is 8.58. The van der Waals surface area contributed by atoms with Crippen LogP contribution in [0, 0.1) is 0 Å². The maximum Gasteiger partial charge on any atom is 0.117 e. The van der Waals surface area contributed by atoms with E-state index in [0.29, 0.717) is 0 Å². The number of aromatic nitrogens is 2. The highest BCUT2D eigenvalue weighted by Crippen LogP contribution is 2.18. The van der Waals surface area contributed by atoms with E-state index in [1.807, 2.05) is 31.3 Å². The Balaban J connectivity index is 2.12. The first-order valence-corrected chi connectivity index (χ1v) is 5.71. The molecule has 78 valence electrons. The van der Waals surface area contributed by atoms with Crippen LogP contribution in [0.2, 0.25) is 0 Å². The second kappa shape index (κ2) is 4.40. The highest BCUT2D eigenvalue weighted by atomic mass is 32.2. The molecule has 1 heterocycles. The number of hydrogen-bond acceptors (Lipinski definition) is 3. The number of fused-ring (bicyclic) bond motifs is 1. The lowest BCUT2D eigenvalue weighted by molar-refractivity contribution is 1.08. The summed E-state index contributed by atoms with van der Waals surface area (Å²) in [6.07, 6.45) is 0. The summed E-state index contributed by atoms with van der Waals surface area (Å²) in [6, 6.07) is 8.03. The maximum absolute atomic E-state index is 4.47. The van der Waals surface area contributed by atoms with E-state index in [1.165, 1.54) is 0 Å². The molecular formula is C11H13N3S. The van der Waals surface area contributed by atoms with Crippen molar-refractivity contribution >= 4 is 22.8 Å². The van der Waals surface area contributed by atoms with Crippen molar-refractivity contribution in [3.05, 3.63) is 41.7 Å². The third kappa shape index (κ3) is 2.33. The number of para-hydroxylation sites is 2. The third-order valence-corrected chi connectivity index (χ3v) is 3.07. The zero-order valence-corrected chi connectivity index (χ0v) is 9.40. The average molecular weight is 219 g/mol. The fraction of sp³-hybridized carbons (Fsp3) is 0.182. The minimum atomic E-state index is 0.814. The predicted octanol–water partition coefficient (Wildman–Crippen LogP) is 2.49. The summed E-state index contributed by atoms with van der Waals surface area (Å²) in [6.45, 7) is 3.85. The molecule has 1 aromatic heterocycles. The molecule has 2 aromatic rings. The molecule has 0 aliphatic rings. The largest absolute Gasteiger partial charge is 0.383 e. The number of H-pyrrole nitrogens is 1. The number of imidazole rings is 1. The van der Waals surface area contributed by atoms with Crippen molar-refractivity contribution in [2.45, 2.75) is 5.75 Å². The van der Waals surface area contributed by atoms with Crippen LogP contribution in [0.1, 0.15) is 5.82 Å². The highest BCUT2D eigenvalue weighted by molar-refractivity contribution is 8.02. The maximum atomic E-state index is 4.47. The Hall–Kier alpha value is -1.42. The minimum absolute atomic E-state index is 0.814. The standard InChI is InChI=1S/C11H13N3S/c1-8(12-2)15-7-11-13-9-5-3-4-6-10(9)14-11/h3-6,12H,1,7H2,2H3,(H,13,14). The van der Waals surface area contributed by atoms with E-state index < -0.39 is 0 Å². The number of benzene rings is 1. The van der Waals surface area contributed by atoms with E-state index in [1.54, 1.807) is 11.8 Å². The van der Waals surface area contributed by atoms with Crippen LogP contribution in [0.4, 0.5) is 0 Å². The molecule has 2 N–H and O–H groups in total. The molecule has 0 atom stereocenters. The molecule has 0 radical (unpaired) electrons. The molecule has 0 bridgehead atoms. The summed E-state index contributed by atoms with van der Waals surface area (Å²) in [5.41, 5.74) is 2.10. The number of hydrogen-bond donors (Lipinski definition) is 2. The Bertz CT molecular complexity index is 442. The van der Waals surface area contributed by atoms with Gasteiger partial charge >= 0.3 is 0 Å². The monoisotopic (exact) mass is 219 g/mol. The van der Waals surface area contributed by atoms with Crippen molar-refractivity contribution in [2.24, 2.45) is 0 Å². The summed E-state index contributed by atoms with van der Waals surface area (Å²) < 4.78 is 0. The van der Waals surface area contributed by atoms with Crippen molar-refractivity contribution in [1.82, 2.24) is 15.3 Å². The van der Waals surface area contributed by atoms with E-state index in [9.17, 15) is 0 Å². The van der Waals surface area contributed by atoms with Gasteiger partial charge in [-0.3, -0.25) is 0 Å². The quantitative estimate of drug-likeness (QED) is 0.830. The van der Waals surface area contributed by atoms with E-state index >= 15 is 0 Å². The van der Waals surface area contributed by atoms with Gasteiger partial charge in [0, 0.05) is 7.05 Å². The molecule has 0 aliphatic heterocycles. The third-order valence-electron chi connectivity index (χ3n) is 2.10. The van der Waals surface area contributed by atoms with Crippen molar-refractivity contribution in [2.75, 3.05) is 7.05 Å². The predicted molar refractivity (Wildman–Crippen MR) is 65.6 cm³/mol. The molecule has 0 fully saturated rings. The molecule has 4 heteroatoms. The Morgan fingerprint density at radius 3 is 3.07 bits per heavy atom. The molecular weight excluding hydrogens is 206 g/mol. The first-order valence-electron chi connectivity index (χ1n) is 4.72. The second-order valence-electron chi connectivity index (χ2n) is 3.16. The number of nitrogens with one attached hydrogen (secondary N) is 2. The molecule has 3 nitrogen and oxygen atoms in total. The van der Waals surface area contributed by atoms with Gasteiger partial charge in [-0.25, -0.2) is 4.98 Å². The lowest BCUT2D eigenvalue weighted by atomic mass is 10.3. The summed E-state index contributed by atoms with van der Waals surface area (Å²) in [5.74, 6) is 1.80. The molecule has 1 aromatic carbocycles. The van der Waals surface area contributed by atoms with Crippen LogP contribution in [-0.2, 0) is 5.75 Å². The number of rotatable bonds is 4. The van der Waals surface area contributed by atoms with Crippen molar-refractivity contribution < 1.29 is 0 Å². The van der Waals surface area contributed by atoms with Crippen molar-refractivity contribution in [1.29, 1.82) is 0 Å². The lowest BCUT2D eigenvalue weighted by Gasteiger charge is -2.00. The van der Waals surface area contributed by atoms with Crippen LogP contribution >= 0.6 is 11.8 Å². The summed E-state index contributed by atoms with van der Waals surface area (Å²) in [4.78, 5) is 7.75. The Morgan fingerprint density at radius 1 is 1.53 bits per heavy atom. The topological polar surface area (TPSA) is 40.7 Å². The summed E-state index contributed by atoms with van der Waals surface area (Å²) >= 11 is 1.65. The van der Waals surface area contributed by atoms with Crippen LogP contribution in [0.3, 0.4) is 0 Å². The van der Waals surface area contributed by atoms with Crippen LogP contribution in [-0.4, -0.2) is 17.0 Å². The zero-order chi connectivity index (χ0) is 10.7. The second-order valence-corrected chi connectivity index (χ2v) is 4.23. The normalized spacial score (nSPS) is 10.5. The molecule has 0 saturated heterocycles. The van der Waals surface area contributed by atoms with E-state index in [4.69, 9.17) is 0 Å². The molecule has 0 unspecified atom stereocenters. The van der Waals surface area contributed by atoms with E-state index in [0.717, 1.165) is 27.6 Å². The average Bonchev–Trinajstić information content (AvgIpc) is 2.68. The number of thioether (sulfide) groups is 1. The van der Waals surface area contributed by atoms with Gasteiger partial charge in [0.2, 0.25) is 0 Å². The Morgan fingerprint density at radius 2 is 2.33 bits per heavy atom. The molecule has 0 spiro atoms. The van der Waals surface area contributed by atoms with Crippen LogP contribution in [0.25, 0.3) is 11.0 Å². The summed E-state index contributed by atoms with van der Waals surface area (Å²) in [5, 5.41) is 3.95. The number of nitrogens with zero attached hydrogens (tertiary/aromatic N) is 1. The van der Waals surface area contributed by atoms with Gasteiger partial charge in [0.05, 0.1) is 21.8 Å². The SMILES string of the molecule is C=C(NC)SCc1nc2ccccc2[nH]1. The fourth-order valence-corrected chi connectivity index (χ4v) is 1.89. The molecule has 0 aliphatic carbocycles.